The first kappa shape index (κ1) is 12.6. The van der Waals surface area contributed by atoms with E-state index in [9.17, 15) is 9.59 Å². The molecule has 1 atom stereocenters. The topological polar surface area (TPSA) is 72.6 Å². The van der Waals surface area contributed by atoms with Gasteiger partial charge in [0.2, 0.25) is 0 Å². The molecule has 5 nitrogen and oxygen atoms in total. The van der Waals surface area contributed by atoms with Crippen molar-refractivity contribution in [3.05, 3.63) is 23.8 Å². The van der Waals surface area contributed by atoms with Crippen LogP contribution in [0.1, 0.15) is 19.4 Å². The van der Waals surface area contributed by atoms with E-state index in [0.717, 1.165) is 5.56 Å². The number of hydrogen-bond acceptors (Lipinski definition) is 4. The highest BCUT2D eigenvalue weighted by molar-refractivity contribution is 6.03. The maximum Gasteiger partial charge on any atom is 0.265 e. The van der Waals surface area contributed by atoms with Crippen LogP contribution in [0.2, 0.25) is 0 Å². The van der Waals surface area contributed by atoms with Crippen LogP contribution < -0.4 is 15.4 Å². The number of benzene rings is 1. The van der Waals surface area contributed by atoms with Gasteiger partial charge in [-0.3, -0.25) is 14.5 Å². The predicted octanol–water partition coefficient (Wildman–Crippen LogP) is 0.848. The maximum absolute atomic E-state index is 11.9. The maximum atomic E-state index is 11.9. The van der Waals surface area contributed by atoms with Crippen LogP contribution in [0.4, 0.5) is 5.69 Å². The lowest BCUT2D eigenvalue weighted by atomic mass is 10.1. The Morgan fingerprint density at radius 3 is 2.89 bits per heavy atom. The lowest BCUT2D eigenvalue weighted by molar-refractivity contribution is -0.125. The van der Waals surface area contributed by atoms with Gasteiger partial charge in [0.25, 0.3) is 5.91 Å². The summed E-state index contributed by atoms with van der Waals surface area (Å²) in [6, 6.07) is 4.94. The number of amides is 1. The van der Waals surface area contributed by atoms with Gasteiger partial charge in [0.05, 0.1) is 11.7 Å². The van der Waals surface area contributed by atoms with Gasteiger partial charge in [-0.2, -0.15) is 0 Å². The van der Waals surface area contributed by atoms with Gasteiger partial charge in [-0.15, -0.1) is 0 Å². The van der Waals surface area contributed by atoms with E-state index in [0.29, 0.717) is 18.0 Å². The highest BCUT2D eigenvalue weighted by Crippen LogP contribution is 2.34. The highest BCUT2D eigenvalue weighted by Gasteiger charge is 2.31. The van der Waals surface area contributed by atoms with Crippen LogP contribution in [0.15, 0.2) is 18.2 Å². The van der Waals surface area contributed by atoms with Gasteiger partial charge in [0.1, 0.15) is 5.75 Å². The van der Waals surface area contributed by atoms with E-state index in [2.05, 4.69) is 0 Å². The lowest BCUT2D eigenvalue weighted by Gasteiger charge is -2.33. The fourth-order valence-electron chi connectivity index (χ4n) is 1.95. The molecule has 0 spiro atoms. The van der Waals surface area contributed by atoms with Crippen LogP contribution in [0.5, 0.6) is 5.75 Å². The number of ketones is 1. The van der Waals surface area contributed by atoms with Crippen LogP contribution in [-0.2, 0) is 16.1 Å². The van der Waals surface area contributed by atoms with Gasteiger partial charge < -0.3 is 10.5 Å². The molecule has 0 saturated heterocycles. The smallest absolute Gasteiger partial charge is 0.265 e. The normalized spacial score (nSPS) is 15.9. The molecule has 5 heteroatoms. The van der Waals surface area contributed by atoms with Crippen LogP contribution in [0.3, 0.4) is 0 Å². The Labute approximate surface area is 106 Å². The Kier molecular flexibility index (Phi) is 3.34. The molecule has 1 amide bonds. The van der Waals surface area contributed by atoms with Crippen molar-refractivity contribution in [3.63, 3.8) is 0 Å². The van der Waals surface area contributed by atoms with E-state index >= 15 is 0 Å². The number of fused-ring (bicyclic) bond motifs is 1. The Bertz CT molecular complexity index is 499. The van der Waals surface area contributed by atoms with Gasteiger partial charge in [0, 0.05) is 6.54 Å². The molecule has 0 fully saturated rings. The van der Waals surface area contributed by atoms with Crippen molar-refractivity contribution < 1.29 is 14.3 Å². The number of rotatable bonds is 3. The second-order valence-corrected chi connectivity index (χ2v) is 4.35. The van der Waals surface area contributed by atoms with Gasteiger partial charge in [-0.05, 0) is 31.5 Å². The van der Waals surface area contributed by atoms with E-state index in [4.69, 9.17) is 10.5 Å². The number of hydrogen-bond donors (Lipinski definition) is 1. The largest absolute Gasteiger partial charge is 0.482 e. The molecule has 1 aliphatic heterocycles. The molecule has 1 aromatic carbocycles. The number of carbonyl (C=O) groups is 2. The van der Waals surface area contributed by atoms with Crippen LogP contribution in [-0.4, -0.2) is 24.3 Å². The SMILES string of the molecule is CC(=O)C(C)N1C(=O)COc2ccc(CN)cc21. The number of nitrogens with zero attached hydrogens (tertiary/aromatic N) is 1. The predicted molar refractivity (Wildman–Crippen MR) is 67.5 cm³/mol. The average molecular weight is 248 g/mol. The summed E-state index contributed by atoms with van der Waals surface area (Å²) in [7, 11) is 0. The summed E-state index contributed by atoms with van der Waals surface area (Å²) >= 11 is 0. The molecular weight excluding hydrogens is 232 g/mol. The van der Waals surface area contributed by atoms with Gasteiger partial charge in [-0.25, -0.2) is 0 Å². The molecule has 1 heterocycles. The molecule has 1 aromatic rings. The van der Waals surface area contributed by atoms with Crippen molar-refractivity contribution in [1.82, 2.24) is 0 Å². The lowest BCUT2D eigenvalue weighted by Crippen LogP contribution is -2.47. The number of anilines is 1. The summed E-state index contributed by atoms with van der Waals surface area (Å²) in [5, 5.41) is 0. The summed E-state index contributed by atoms with van der Waals surface area (Å²) in [5.41, 5.74) is 7.11. The molecule has 96 valence electrons. The number of Topliss-reactive ketones (excluding diaryl/α,β-unsaturated/α-hetero) is 1. The van der Waals surface area contributed by atoms with Gasteiger partial charge in [0.15, 0.2) is 12.4 Å². The number of ether oxygens (including phenoxy) is 1. The molecule has 1 unspecified atom stereocenters. The Morgan fingerprint density at radius 2 is 2.28 bits per heavy atom. The third-order valence-electron chi connectivity index (χ3n) is 3.11. The summed E-state index contributed by atoms with van der Waals surface area (Å²) < 4.78 is 5.35. The molecular formula is C13H16N2O3. The summed E-state index contributed by atoms with van der Waals surface area (Å²) in [4.78, 5) is 24.9. The first-order valence-corrected chi connectivity index (χ1v) is 5.83. The van der Waals surface area contributed by atoms with Crippen molar-refractivity contribution >= 4 is 17.4 Å². The zero-order valence-corrected chi connectivity index (χ0v) is 10.5. The summed E-state index contributed by atoms with van der Waals surface area (Å²) in [6.07, 6.45) is 0. The van der Waals surface area contributed by atoms with Gasteiger partial charge >= 0.3 is 0 Å². The van der Waals surface area contributed by atoms with Crippen molar-refractivity contribution in [2.75, 3.05) is 11.5 Å². The Balaban J connectivity index is 2.48. The molecule has 0 aromatic heterocycles. The third kappa shape index (κ3) is 2.09. The van der Waals surface area contributed by atoms with E-state index in [1.54, 1.807) is 19.1 Å². The van der Waals surface area contributed by atoms with Crippen molar-refractivity contribution in [3.8, 4) is 5.75 Å². The van der Waals surface area contributed by atoms with Crippen LogP contribution >= 0.6 is 0 Å². The molecule has 2 rings (SSSR count). The standard InChI is InChI=1S/C13H16N2O3/c1-8(9(2)16)15-11-5-10(6-14)3-4-12(11)18-7-13(15)17/h3-5,8H,6-7,14H2,1-2H3. The van der Waals surface area contributed by atoms with Crippen molar-refractivity contribution in [2.24, 2.45) is 5.73 Å². The Hall–Kier alpha value is -1.88. The molecule has 1 aliphatic rings. The monoisotopic (exact) mass is 248 g/mol. The van der Waals surface area contributed by atoms with E-state index in [1.165, 1.54) is 11.8 Å². The summed E-state index contributed by atoms with van der Waals surface area (Å²) in [6.45, 7) is 3.53. The first-order chi connectivity index (χ1) is 8.54. The highest BCUT2D eigenvalue weighted by atomic mass is 16.5. The van der Waals surface area contributed by atoms with Crippen molar-refractivity contribution in [1.29, 1.82) is 0 Å². The fraction of sp³-hybridized carbons (Fsp3) is 0.385. The zero-order chi connectivity index (χ0) is 13.3. The molecule has 0 radical (unpaired) electrons. The molecule has 0 aliphatic carbocycles. The van der Waals surface area contributed by atoms with E-state index < -0.39 is 6.04 Å². The molecule has 18 heavy (non-hydrogen) atoms. The van der Waals surface area contributed by atoms with Crippen LogP contribution in [0, 0.1) is 0 Å². The second-order valence-electron chi connectivity index (χ2n) is 4.35. The molecule has 2 N–H and O–H groups in total. The average Bonchev–Trinajstić information content (AvgIpc) is 2.37. The minimum Gasteiger partial charge on any atom is -0.482 e. The molecule has 0 bridgehead atoms. The third-order valence-corrected chi connectivity index (χ3v) is 3.11. The number of nitrogens with two attached hydrogens (primary N) is 1. The number of carbonyl (C=O) groups excluding carboxylic acids is 2. The quantitative estimate of drug-likeness (QED) is 0.860. The second kappa shape index (κ2) is 4.78. The summed E-state index contributed by atoms with van der Waals surface area (Å²) in [5.74, 6) is 0.341. The Morgan fingerprint density at radius 1 is 1.56 bits per heavy atom. The van der Waals surface area contributed by atoms with E-state index in [-0.39, 0.29) is 18.3 Å². The fourth-order valence-corrected chi connectivity index (χ4v) is 1.95. The minimum absolute atomic E-state index is 0.0351. The molecule has 0 saturated carbocycles. The van der Waals surface area contributed by atoms with Crippen LogP contribution in [0.25, 0.3) is 0 Å². The first-order valence-electron chi connectivity index (χ1n) is 5.83. The minimum atomic E-state index is -0.492. The van der Waals surface area contributed by atoms with Gasteiger partial charge in [-0.1, -0.05) is 6.07 Å². The zero-order valence-electron chi connectivity index (χ0n) is 10.5. The van der Waals surface area contributed by atoms with Crippen molar-refractivity contribution in [2.45, 2.75) is 26.4 Å². The van der Waals surface area contributed by atoms with E-state index in [1.807, 2.05) is 6.07 Å².